The van der Waals surface area contributed by atoms with E-state index in [1.807, 2.05) is 35.9 Å². The fourth-order valence-corrected chi connectivity index (χ4v) is 3.92. The Labute approximate surface area is 157 Å². The molecule has 1 saturated carbocycles. The largest absolute Gasteiger partial charge is 0.353 e. The van der Waals surface area contributed by atoms with Crippen LogP contribution in [0.3, 0.4) is 0 Å². The summed E-state index contributed by atoms with van der Waals surface area (Å²) in [4.78, 5) is 12.1. The third kappa shape index (κ3) is 5.22. The van der Waals surface area contributed by atoms with Gasteiger partial charge in [0.15, 0.2) is 5.16 Å². The Morgan fingerprint density at radius 2 is 1.96 bits per heavy atom. The van der Waals surface area contributed by atoms with Crippen molar-refractivity contribution in [2.45, 2.75) is 49.7 Å². The molecule has 1 heterocycles. The van der Waals surface area contributed by atoms with Gasteiger partial charge in [0, 0.05) is 24.5 Å². The van der Waals surface area contributed by atoms with Gasteiger partial charge in [0.25, 0.3) is 0 Å². The molecular formula is C18H23ClN4OS. The molecule has 1 aliphatic carbocycles. The van der Waals surface area contributed by atoms with Crippen LogP contribution in [0, 0.1) is 0 Å². The van der Waals surface area contributed by atoms with Gasteiger partial charge in [-0.2, -0.15) is 0 Å². The second kappa shape index (κ2) is 8.72. The normalized spacial score (nSPS) is 15.3. The maximum absolute atomic E-state index is 12.1. The summed E-state index contributed by atoms with van der Waals surface area (Å²) in [6, 6.07) is 8.07. The smallest absolute Gasteiger partial charge is 0.230 e. The third-order valence-electron chi connectivity index (χ3n) is 4.50. The van der Waals surface area contributed by atoms with E-state index in [9.17, 15) is 4.79 Å². The van der Waals surface area contributed by atoms with Crippen LogP contribution < -0.4 is 5.32 Å². The van der Waals surface area contributed by atoms with Crippen molar-refractivity contribution in [2.75, 3.05) is 5.75 Å². The number of rotatable bonds is 6. The van der Waals surface area contributed by atoms with Crippen LogP contribution >= 0.6 is 23.4 Å². The lowest BCUT2D eigenvalue weighted by Gasteiger charge is -2.22. The van der Waals surface area contributed by atoms with Crippen LogP contribution in [0.15, 0.2) is 29.4 Å². The summed E-state index contributed by atoms with van der Waals surface area (Å²) in [5.74, 6) is 1.33. The topological polar surface area (TPSA) is 59.8 Å². The minimum absolute atomic E-state index is 0.0825. The molecule has 1 fully saturated rings. The van der Waals surface area contributed by atoms with Crippen LogP contribution in [0.4, 0.5) is 0 Å². The molecule has 0 atom stereocenters. The van der Waals surface area contributed by atoms with E-state index in [0.717, 1.165) is 34.4 Å². The number of hydrogen-bond acceptors (Lipinski definition) is 4. The standard InChI is InChI=1S/C18H23ClN4OS/c1-23-16(11-13-7-9-14(19)10-8-13)21-22-18(23)25-12-17(24)20-15-5-3-2-4-6-15/h7-10,15H,2-6,11-12H2,1H3,(H,20,24). The molecule has 5 nitrogen and oxygen atoms in total. The molecule has 1 amide bonds. The molecule has 0 radical (unpaired) electrons. The fraction of sp³-hybridized carbons (Fsp3) is 0.500. The van der Waals surface area contributed by atoms with Gasteiger partial charge in [-0.25, -0.2) is 0 Å². The molecule has 1 aromatic heterocycles. The first-order valence-corrected chi connectivity index (χ1v) is 10.0. The van der Waals surface area contributed by atoms with Crippen LogP contribution in [0.5, 0.6) is 0 Å². The zero-order chi connectivity index (χ0) is 17.6. The van der Waals surface area contributed by atoms with Gasteiger partial charge >= 0.3 is 0 Å². The quantitative estimate of drug-likeness (QED) is 0.780. The lowest BCUT2D eigenvalue weighted by Crippen LogP contribution is -2.37. The highest BCUT2D eigenvalue weighted by Crippen LogP contribution is 2.20. The number of halogens is 1. The van der Waals surface area contributed by atoms with Gasteiger partial charge in [-0.1, -0.05) is 54.8 Å². The Hall–Kier alpha value is -1.53. The van der Waals surface area contributed by atoms with Crippen molar-refractivity contribution < 1.29 is 4.79 Å². The van der Waals surface area contributed by atoms with Gasteiger partial charge in [0.05, 0.1) is 5.75 Å². The van der Waals surface area contributed by atoms with Crippen molar-refractivity contribution in [1.29, 1.82) is 0 Å². The molecule has 1 aromatic carbocycles. The zero-order valence-electron chi connectivity index (χ0n) is 14.4. The van der Waals surface area contributed by atoms with Gasteiger partial charge in [-0.3, -0.25) is 4.79 Å². The molecule has 0 spiro atoms. The van der Waals surface area contributed by atoms with E-state index in [0.29, 0.717) is 18.2 Å². The molecule has 0 unspecified atom stereocenters. The summed E-state index contributed by atoms with van der Waals surface area (Å²) in [6.07, 6.45) is 6.62. The first kappa shape index (κ1) is 18.3. The van der Waals surface area contributed by atoms with Crippen LogP contribution in [0.25, 0.3) is 0 Å². The second-order valence-electron chi connectivity index (χ2n) is 6.45. The van der Waals surface area contributed by atoms with Crippen molar-refractivity contribution in [2.24, 2.45) is 7.05 Å². The Balaban J connectivity index is 1.52. The fourth-order valence-electron chi connectivity index (χ4n) is 3.06. The van der Waals surface area contributed by atoms with Crippen LogP contribution in [0.2, 0.25) is 5.02 Å². The van der Waals surface area contributed by atoms with E-state index in [-0.39, 0.29) is 5.91 Å². The Kier molecular flexibility index (Phi) is 6.37. The number of carbonyl (C=O) groups is 1. The molecule has 25 heavy (non-hydrogen) atoms. The van der Waals surface area contributed by atoms with Gasteiger partial charge in [0.1, 0.15) is 5.82 Å². The third-order valence-corrected chi connectivity index (χ3v) is 5.78. The van der Waals surface area contributed by atoms with E-state index < -0.39 is 0 Å². The minimum atomic E-state index is 0.0825. The average molecular weight is 379 g/mol. The van der Waals surface area contributed by atoms with Crippen molar-refractivity contribution in [3.8, 4) is 0 Å². The summed E-state index contributed by atoms with van der Waals surface area (Å²) in [7, 11) is 1.94. The van der Waals surface area contributed by atoms with E-state index in [1.165, 1.54) is 31.0 Å². The van der Waals surface area contributed by atoms with E-state index in [1.54, 1.807) is 0 Å². The second-order valence-corrected chi connectivity index (χ2v) is 7.83. The molecule has 0 saturated heterocycles. The SMILES string of the molecule is Cn1c(Cc2ccc(Cl)cc2)nnc1SCC(=O)NC1CCCCC1. The van der Waals surface area contributed by atoms with E-state index >= 15 is 0 Å². The lowest BCUT2D eigenvalue weighted by atomic mass is 9.95. The van der Waals surface area contributed by atoms with Gasteiger partial charge < -0.3 is 9.88 Å². The predicted molar refractivity (Wildman–Crippen MR) is 101 cm³/mol. The maximum Gasteiger partial charge on any atom is 0.230 e. The van der Waals surface area contributed by atoms with Crippen molar-refractivity contribution in [3.63, 3.8) is 0 Å². The van der Waals surface area contributed by atoms with Gasteiger partial charge in [-0.15, -0.1) is 10.2 Å². The molecule has 7 heteroatoms. The van der Waals surface area contributed by atoms with Crippen LogP contribution in [0.1, 0.15) is 43.5 Å². The van der Waals surface area contributed by atoms with Gasteiger partial charge in [-0.05, 0) is 30.5 Å². The number of carbonyl (C=O) groups excluding carboxylic acids is 1. The Bertz CT molecular complexity index is 710. The zero-order valence-corrected chi connectivity index (χ0v) is 15.9. The summed E-state index contributed by atoms with van der Waals surface area (Å²) < 4.78 is 1.95. The summed E-state index contributed by atoms with van der Waals surface area (Å²) >= 11 is 7.35. The lowest BCUT2D eigenvalue weighted by molar-refractivity contribution is -0.119. The molecule has 3 rings (SSSR count). The minimum Gasteiger partial charge on any atom is -0.353 e. The molecule has 0 bridgehead atoms. The number of amides is 1. The highest BCUT2D eigenvalue weighted by Gasteiger charge is 2.17. The first-order valence-electron chi connectivity index (χ1n) is 8.66. The number of hydrogen-bond donors (Lipinski definition) is 1. The summed E-state index contributed by atoms with van der Waals surface area (Å²) in [5.41, 5.74) is 1.13. The number of nitrogens with one attached hydrogen (secondary N) is 1. The highest BCUT2D eigenvalue weighted by atomic mass is 35.5. The number of aromatic nitrogens is 3. The highest BCUT2D eigenvalue weighted by molar-refractivity contribution is 7.99. The predicted octanol–water partition coefficient (Wildman–Crippen LogP) is 3.60. The molecule has 1 N–H and O–H groups in total. The average Bonchev–Trinajstić information content (AvgIpc) is 2.96. The molecular weight excluding hydrogens is 356 g/mol. The molecule has 1 aliphatic rings. The molecule has 0 aliphatic heterocycles. The number of thioether (sulfide) groups is 1. The molecule has 134 valence electrons. The maximum atomic E-state index is 12.1. The van der Waals surface area contributed by atoms with Crippen molar-refractivity contribution in [1.82, 2.24) is 20.1 Å². The van der Waals surface area contributed by atoms with Crippen LogP contribution in [-0.2, 0) is 18.3 Å². The number of nitrogens with zero attached hydrogens (tertiary/aromatic N) is 3. The first-order chi connectivity index (χ1) is 12.1. The van der Waals surface area contributed by atoms with E-state index in [2.05, 4.69) is 15.5 Å². The van der Waals surface area contributed by atoms with Crippen molar-refractivity contribution in [3.05, 3.63) is 40.7 Å². The Morgan fingerprint density at radius 1 is 1.24 bits per heavy atom. The van der Waals surface area contributed by atoms with Crippen molar-refractivity contribution >= 4 is 29.3 Å². The summed E-state index contributed by atoms with van der Waals surface area (Å²) in [6.45, 7) is 0. The summed E-state index contributed by atoms with van der Waals surface area (Å²) in [5, 5.41) is 13.1. The molecule has 2 aromatic rings. The van der Waals surface area contributed by atoms with Gasteiger partial charge in [0.2, 0.25) is 5.91 Å². The monoisotopic (exact) mass is 378 g/mol. The number of benzene rings is 1. The van der Waals surface area contributed by atoms with E-state index in [4.69, 9.17) is 11.6 Å². The Morgan fingerprint density at radius 3 is 2.68 bits per heavy atom. The van der Waals surface area contributed by atoms with Crippen LogP contribution in [-0.4, -0.2) is 32.5 Å².